The molecule has 0 heterocycles. The average molecular weight is 134 g/mol. The Balaban J connectivity index is 2.82. The van der Waals surface area contributed by atoms with Gasteiger partial charge in [-0.2, -0.15) is 12.6 Å². The Bertz CT molecular complexity index is 59.1. The highest BCUT2D eigenvalue weighted by molar-refractivity contribution is 7.80. The molecule has 0 aliphatic carbocycles. The first kappa shape index (κ1) is 7.44. The Morgan fingerprint density at radius 3 is 2.43 bits per heavy atom. The van der Waals surface area contributed by atoms with Crippen LogP contribution in [0, 0.1) is 0 Å². The van der Waals surface area contributed by atoms with Gasteiger partial charge in [0.05, 0.1) is 0 Å². The van der Waals surface area contributed by atoms with Crippen molar-refractivity contribution in [3.63, 3.8) is 0 Å². The monoisotopic (exact) mass is 134 g/mol. The van der Waals surface area contributed by atoms with E-state index in [1.807, 2.05) is 6.92 Å². The molecule has 0 aromatic rings. The number of hydrogen-bond acceptors (Lipinski definition) is 2. The topological polar surface area (TPSA) is 0 Å². The largest absolute Gasteiger partial charge is 0.179 e. The van der Waals surface area contributed by atoms with E-state index in [1.165, 1.54) is 0 Å². The normalized spacial score (nSPS) is 8.86. The Kier molecular flexibility index (Phi) is 4.88. The summed E-state index contributed by atoms with van der Waals surface area (Å²) < 4.78 is 0. The minimum absolute atomic E-state index is 0.952. The molecule has 42 valence electrons. The van der Waals surface area contributed by atoms with Crippen molar-refractivity contribution in [2.75, 3.05) is 5.75 Å². The maximum absolute atomic E-state index is 4.83. The molecule has 0 unspecified atom stereocenters. The highest BCUT2D eigenvalue weighted by atomic mass is 32.1. The second-order valence-corrected chi connectivity index (χ2v) is 2.67. The number of thiol groups is 1. The molecule has 0 saturated carbocycles. The lowest BCUT2D eigenvalue weighted by Crippen LogP contribution is -1.85. The highest BCUT2D eigenvalue weighted by Crippen LogP contribution is 1.92. The van der Waals surface area contributed by atoms with Gasteiger partial charge in [0.15, 0.2) is 0 Å². The minimum atomic E-state index is 0.952. The molecule has 7 heavy (non-hydrogen) atoms. The zero-order valence-electron chi connectivity index (χ0n) is 4.48. The zero-order valence-corrected chi connectivity index (χ0v) is 6.19. The number of hydrogen-bond donors (Lipinski definition) is 1. The van der Waals surface area contributed by atoms with E-state index in [0.29, 0.717) is 0 Å². The van der Waals surface area contributed by atoms with Crippen LogP contribution in [0.3, 0.4) is 0 Å². The Labute approximate surface area is 55.7 Å². The highest BCUT2D eigenvalue weighted by Gasteiger charge is 1.83. The van der Waals surface area contributed by atoms with E-state index in [4.69, 9.17) is 12.2 Å². The summed E-state index contributed by atoms with van der Waals surface area (Å²) in [5.74, 6) is 0.952. The van der Waals surface area contributed by atoms with Crippen molar-refractivity contribution in [2.24, 2.45) is 0 Å². The summed E-state index contributed by atoms with van der Waals surface area (Å²) in [6.07, 6.45) is 2.18. The van der Waals surface area contributed by atoms with Crippen LogP contribution in [-0.2, 0) is 0 Å². The Morgan fingerprint density at radius 1 is 1.71 bits per heavy atom. The van der Waals surface area contributed by atoms with Crippen molar-refractivity contribution in [1.82, 2.24) is 0 Å². The second kappa shape index (κ2) is 4.60. The molecule has 0 aliphatic rings. The first-order valence-electron chi connectivity index (χ1n) is 2.37. The van der Waals surface area contributed by atoms with E-state index < -0.39 is 0 Å². The summed E-state index contributed by atoms with van der Waals surface area (Å²) in [4.78, 5) is 1.09. The smallest absolute Gasteiger partial charge is 0.00946 e. The quantitative estimate of drug-likeness (QED) is 0.455. The van der Waals surface area contributed by atoms with Crippen LogP contribution < -0.4 is 0 Å². The molecule has 2 heteroatoms. The zero-order chi connectivity index (χ0) is 5.70. The van der Waals surface area contributed by atoms with Crippen molar-refractivity contribution in [2.45, 2.75) is 19.8 Å². The van der Waals surface area contributed by atoms with E-state index in [-0.39, 0.29) is 0 Å². The van der Waals surface area contributed by atoms with Gasteiger partial charge in [-0.05, 0) is 30.4 Å². The molecule has 0 radical (unpaired) electrons. The molecule has 0 rings (SSSR count). The van der Waals surface area contributed by atoms with Crippen molar-refractivity contribution in [1.29, 1.82) is 0 Å². The molecule has 0 aliphatic heterocycles. The SMILES string of the molecule is CC(=S)CCCS. The second-order valence-electron chi connectivity index (χ2n) is 1.53. The lowest BCUT2D eigenvalue weighted by molar-refractivity contribution is 1.02. The van der Waals surface area contributed by atoms with Crippen molar-refractivity contribution < 1.29 is 0 Å². The molecule has 0 atom stereocenters. The van der Waals surface area contributed by atoms with Crippen molar-refractivity contribution in [3.05, 3.63) is 0 Å². The van der Waals surface area contributed by atoms with E-state index >= 15 is 0 Å². The van der Waals surface area contributed by atoms with Crippen molar-refractivity contribution in [3.8, 4) is 0 Å². The molecule has 0 nitrogen and oxygen atoms in total. The van der Waals surface area contributed by atoms with Gasteiger partial charge in [0.2, 0.25) is 0 Å². The van der Waals surface area contributed by atoms with E-state index in [1.54, 1.807) is 0 Å². The lowest BCUT2D eigenvalue weighted by Gasteiger charge is -1.89. The molecule has 0 amide bonds. The van der Waals surface area contributed by atoms with E-state index in [0.717, 1.165) is 23.5 Å². The third kappa shape index (κ3) is 6.44. The first-order chi connectivity index (χ1) is 3.27. The van der Waals surface area contributed by atoms with Gasteiger partial charge < -0.3 is 0 Å². The molecule has 0 fully saturated rings. The van der Waals surface area contributed by atoms with Crippen LogP contribution >= 0.6 is 24.8 Å². The molecule has 0 aromatic heterocycles. The van der Waals surface area contributed by atoms with Gasteiger partial charge in [0.25, 0.3) is 0 Å². The summed E-state index contributed by atoms with van der Waals surface area (Å²) in [5.41, 5.74) is 0. The Hall–Kier alpha value is 0.440. The summed E-state index contributed by atoms with van der Waals surface area (Å²) in [5, 5.41) is 0. The number of rotatable bonds is 3. The molecular weight excluding hydrogens is 124 g/mol. The Morgan fingerprint density at radius 2 is 2.29 bits per heavy atom. The first-order valence-corrected chi connectivity index (χ1v) is 3.41. The maximum Gasteiger partial charge on any atom is -0.00946 e. The van der Waals surface area contributed by atoms with Crippen LogP contribution in [0.15, 0.2) is 0 Å². The fraction of sp³-hybridized carbons (Fsp3) is 0.800. The fourth-order valence-corrected chi connectivity index (χ4v) is 0.630. The van der Waals surface area contributed by atoms with E-state index in [2.05, 4.69) is 12.6 Å². The summed E-state index contributed by atoms with van der Waals surface area (Å²) in [6, 6.07) is 0. The third-order valence-corrected chi connectivity index (χ3v) is 1.21. The molecule has 0 saturated heterocycles. The van der Waals surface area contributed by atoms with Gasteiger partial charge in [0, 0.05) is 0 Å². The van der Waals surface area contributed by atoms with Gasteiger partial charge in [-0.15, -0.1) is 0 Å². The predicted octanol–water partition coefficient (Wildman–Crippen LogP) is 2.09. The maximum atomic E-state index is 4.83. The van der Waals surface area contributed by atoms with Gasteiger partial charge in [-0.1, -0.05) is 12.2 Å². The predicted molar refractivity (Wildman–Crippen MR) is 41.4 cm³/mol. The third-order valence-electron chi connectivity index (χ3n) is 0.687. The van der Waals surface area contributed by atoms with Gasteiger partial charge in [0.1, 0.15) is 0 Å². The summed E-state index contributed by atoms with van der Waals surface area (Å²) in [6.45, 7) is 1.97. The lowest BCUT2D eigenvalue weighted by atomic mass is 10.3. The van der Waals surface area contributed by atoms with Crippen LogP contribution in [-0.4, -0.2) is 10.6 Å². The fourth-order valence-electron chi connectivity index (χ4n) is 0.328. The average Bonchev–Trinajstić information content (AvgIpc) is 1.61. The molecule has 0 aromatic carbocycles. The minimum Gasteiger partial charge on any atom is -0.179 e. The van der Waals surface area contributed by atoms with Crippen LogP contribution in [0.4, 0.5) is 0 Å². The van der Waals surface area contributed by atoms with Crippen LogP contribution in [0.5, 0.6) is 0 Å². The summed E-state index contributed by atoms with van der Waals surface area (Å²) in [7, 11) is 0. The number of thiocarbonyl (C=S) groups is 1. The molecule has 0 bridgehead atoms. The van der Waals surface area contributed by atoms with Crippen LogP contribution in [0.25, 0.3) is 0 Å². The van der Waals surface area contributed by atoms with Crippen molar-refractivity contribution >= 4 is 29.7 Å². The van der Waals surface area contributed by atoms with Gasteiger partial charge in [-0.25, -0.2) is 0 Å². The molecular formula is C5H10S2. The standard InChI is InChI=1S/C5H10S2/c1-5(7)3-2-4-6/h6H,2-4H2,1H3. The van der Waals surface area contributed by atoms with Gasteiger partial charge >= 0.3 is 0 Å². The van der Waals surface area contributed by atoms with Gasteiger partial charge in [-0.3, -0.25) is 0 Å². The molecule has 0 spiro atoms. The van der Waals surface area contributed by atoms with Crippen LogP contribution in [0.2, 0.25) is 0 Å². The van der Waals surface area contributed by atoms with E-state index in [9.17, 15) is 0 Å². The summed E-state index contributed by atoms with van der Waals surface area (Å²) >= 11 is 8.86. The molecule has 0 N–H and O–H groups in total. The van der Waals surface area contributed by atoms with Crippen LogP contribution in [0.1, 0.15) is 19.8 Å².